The number of phenols is 1. The first-order valence-electron chi connectivity index (χ1n) is 4.52. The number of anilines is 1. The second-order valence-corrected chi connectivity index (χ2v) is 3.68. The molecular weight excluding hydrogens is 210 g/mol. The fourth-order valence-corrected chi connectivity index (χ4v) is 1.61. The van der Waals surface area contributed by atoms with E-state index in [9.17, 15) is 5.11 Å². The lowest BCUT2D eigenvalue weighted by molar-refractivity contribution is 0.477. The van der Waals surface area contributed by atoms with Gasteiger partial charge in [-0.1, -0.05) is 29.8 Å². The van der Waals surface area contributed by atoms with E-state index in [0.717, 1.165) is 5.56 Å². The summed E-state index contributed by atoms with van der Waals surface area (Å²) in [6.07, 6.45) is 0. The summed E-state index contributed by atoms with van der Waals surface area (Å²) in [5.74, 6) is 0.178. The van der Waals surface area contributed by atoms with Crippen molar-refractivity contribution >= 4 is 17.3 Å². The Balaban J connectivity index is 2.58. The summed E-state index contributed by atoms with van der Waals surface area (Å²) in [6, 6.07) is 12.3. The van der Waals surface area contributed by atoms with Crippen molar-refractivity contribution in [1.29, 1.82) is 0 Å². The van der Waals surface area contributed by atoms with Crippen molar-refractivity contribution in [2.75, 3.05) is 5.73 Å². The Morgan fingerprint density at radius 2 is 1.67 bits per heavy atom. The molecule has 0 spiro atoms. The summed E-state index contributed by atoms with van der Waals surface area (Å²) in [5, 5.41) is 10.4. The molecule has 0 heterocycles. The van der Waals surface area contributed by atoms with Gasteiger partial charge in [0.05, 0.1) is 0 Å². The van der Waals surface area contributed by atoms with Crippen LogP contribution in [0.25, 0.3) is 11.1 Å². The molecular formula is C12H10ClNO. The summed E-state index contributed by atoms with van der Waals surface area (Å²) in [4.78, 5) is 0. The van der Waals surface area contributed by atoms with E-state index in [1.165, 1.54) is 0 Å². The van der Waals surface area contributed by atoms with Crippen LogP contribution in [0.3, 0.4) is 0 Å². The maximum Gasteiger partial charge on any atom is 0.125 e. The van der Waals surface area contributed by atoms with E-state index < -0.39 is 0 Å². The third-order valence-corrected chi connectivity index (χ3v) is 2.46. The molecule has 0 radical (unpaired) electrons. The van der Waals surface area contributed by atoms with Crippen molar-refractivity contribution in [3.63, 3.8) is 0 Å². The van der Waals surface area contributed by atoms with Gasteiger partial charge in [0.15, 0.2) is 0 Å². The van der Waals surface area contributed by atoms with Crippen molar-refractivity contribution in [2.24, 2.45) is 0 Å². The third kappa shape index (κ3) is 1.90. The average molecular weight is 220 g/mol. The monoisotopic (exact) mass is 219 g/mol. The first kappa shape index (κ1) is 9.87. The molecule has 3 heteroatoms. The zero-order valence-electron chi connectivity index (χ0n) is 7.94. The van der Waals surface area contributed by atoms with Gasteiger partial charge >= 0.3 is 0 Å². The topological polar surface area (TPSA) is 46.2 Å². The summed E-state index contributed by atoms with van der Waals surface area (Å²) in [7, 11) is 0. The fraction of sp³-hybridized carbons (Fsp3) is 0. The Kier molecular flexibility index (Phi) is 2.52. The molecule has 3 N–H and O–H groups in total. The number of nitrogens with two attached hydrogens (primary N) is 1. The maximum atomic E-state index is 9.70. The van der Waals surface area contributed by atoms with E-state index in [1.54, 1.807) is 30.3 Å². The zero-order valence-corrected chi connectivity index (χ0v) is 8.70. The van der Waals surface area contributed by atoms with Gasteiger partial charge < -0.3 is 10.8 Å². The van der Waals surface area contributed by atoms with Crippen LogP contribution in [0.5, 0.6) is 5.75 Å². The quantitative estimate of drug-likeness (QED) is 0.723. The van der Waals surface area contributed by atoms with Gasteiger partial charge in [0.25, 0.3) is 0 Å². The van der Waals surface area contributed by atoms with E-state index >= 15 is 0 Å². The molecule has 0 saturated carbocycles. The molecule has 0 atom stereocenters. The Labute approximate surface area is 92.9 Å². The first-order valence-corrected chi connectivity index (χ1v) is 4.89. The smallest absolute Gasteiger partial charge is 0.125 e. The lowest BCUT2D eigenvalue weighted by Gasteiger charge is -2.07. The lowest BCUT2D eigenvalue weighted by Crippen LogP contribution is -1.89. The highest BCUT2D eigenvalue weighted by Crippen LogP contribution is 2.34. The molecule has 0 saturated heterocycles. The molecule has 0 fully saturated rings. The molecule has 0 bridgehead atoms. The number of hydrogen-bond donors (Lipinski definition) is 2. The number of benzene rings is 2. The van der Waals surface area contributed by atoms with Crippen LogP contribution in [0.4, 0.5) is 5.69 Å². The molecule has 2 aromatic rings. The van der Waals surface area contributed by atoms with Crippen LogP contribution in [-0.4, -0.2) is 5.11 Å². The second kappa shape index (κ2) is 3.83. The van der Waals surface area contributed by atoms with E-state index in [0.29, 0.717) is 16.3 Å². The molecule has 0 aliphatic carbocycles. The Morgan fingerprint density at radius 1 is 1.00 bits per heavy atom. The largest absolute Gasteiger partial charge is 0.507 e. The normalized spacial score (nSPS) is 10.2. The van der Waals surface area contributed by atoms with Gasteiger partial charge in [-0.15, -0.1) is 0 Å². The summed E-state index contributed by atoms with van der Waals surface area (Å²) in [6.45, 7) is 0. The van der Waals surface area contributed by atoms with Crippen molar-refractivity contribution in [2.45, 2.75) is 0 Å². The summed E-state index contributed by atoms with van der Waals surface area (Å²) >= 11 is 5.78. The van der Waals surface area contributed by atoms with Gasteiger partial charge in [-0.05, 0) is 29.8 Å². The van der Waals surface area contributed by atoms with Crippen molar-refractivity contribution in [1.82, 2.24) is 0 Å². The second-order valence-electron chi connectivity index (χ2n) is 3.25. The van der Waals surface area contributed by atoms with Gasteiger partial charge in [-0.2, -0.15) is 0 Å². The molecule has 76 valence electrons. The van der Waals surface area contributed by atoms with E-state index in [2.05, 4.69) is 0 Å². The SMILES string of the molecule is Nc1cccc(O)c1-c1ccc(Cl)cc1. The number of hydrogen-bond acceptors (Lipinski definition) is 2. The predicted molar refractivity (Wildman–Crippen MR) is 63.0 cm³/mol. The highest BCUT2D eigenvalue weighted by molar-refractivity contribution is 6.30. The standard InChI is InChI=1S/C12H10ClNO/c13-9-6-4-8(5-7-9)12-10(14)2-1-3-11(12)15/h1-7,15H,14H2. The number of halogens is 1. The number of phenolic OH excluding ortho intramolecular Hbond substituents is 1. The van der Waals surface area contributed by atoms with Crippen LogP contribution in [0.1, 0.15) is 0 Å². The Morgan fingerprint density at radius 3 is 2.27 bits per heavy atom. The van der Waals surface area contributed by atoms with E-state index in [4.69, 9.17) is 17.3 Å². The molecule has 15 heavy (non-hydrogen) atoms. The molecule has 2 rings (SSSR count). The molecule has 0 aromatic heterocycles. The van der Waals surface area contributed by atoms with Crippen LogP contribution in [0.2, 0.25) is 5.02 Å². The first-order chi connectivity index (χ1) is 7.18. The minimum atomic E-state index is 0.178. The van der Waals surface area contributed by atoms with Gasteiger partial charge in [0.2, 0.25) is 0 Å². The van der Waals surface area contributed by atoms with Crippen molar-refractivity contribution in [3.05, 3.63) is 47.5 Å². The number of aromatic hydroxyl groups is 1. The minimum absolute atomic E-state index is 0.178. The zero-order chi connectivity index (χ0) is 10.8. The maximum absolute atomic E-state index is 9.70. The lowest BCUT2D eigenvalue weighted by atomic mass is 10.0. The van der Waals surface area contributed by atoms with Crippen LogP contribution in [-0.2, 0) is 0 Å². The van der Waals surface area contributed by atoms with E-state index in [-0.39, 0.29) is 5.75 Å². The number of rotatable bonds is 1. The van der Waals surface area contributed by atoms with Crippen LogP contribution < -0.4 is 5.73 Å². The highest BCUT2D eigenvalue weighted by Gasteiger charge is 2.07. The fourth-order valence-electron chi connectivity index (χ4n) is 1.49. The molecule has 0 aliphatic rings. The summed E-state index contributed by atoms with van der Waals surface area (Å²) in [5.41, 5.74) is 7.86. The molecule has 0 amide bonds. The average Bonchev–Trinajstić information content (AvgIpc) is 2.20. The van der Waals surface area contributed by atoms with Crippen molar-refractivity contribution in [3.8, 4) is 16.9 Å². The van der Waals surface area contributed by atoms with Crippen LogP contribution >= 0.6 is 11.6 Å². The molecule has 0 unspecified atom stereocenters. The molecule has 2 nitrogen and oxygen atoms in total. The Bertz CT molecular complexity index is 459. The van der Waals surface area contributed by atoms with E-state index in [1.807, 2.05) is 12.1 Å². The van der Waals surface area contributed by atoms with Crippen LogP contribution in [0, 0.1) is 0 Å². The summed E-state index contributed by atoms with van der Waals surface area (Å²) < 4.78 is 0. The molecule has 0 aliphatic heterocycles. The van der Waals surface area contributed by atoms with Gasteiger partial charge in [0.1, 0.15) is 5.75 Å². The third-order valence-electron chi connectivity index (χ3n) is 2.21. The molecule has 2 aromatic carbocycles. The Hall–Kier alpha value is -1.67. The predicted octanol–water partition coefficient (Wildman–Crippen LogP) is 3.29. The van der Waals surface area contributed by atoms with Crippen LogP contribution in [0.15, 0.2) is 42.5 Å². The van der Waals surface area contributed by atoms with Crippen molar-refractivity contribution < 1.29 is 5.11 Å². The van der Waals surface area contributed by atoms with Gasteiger partial charge in [-0.25, -0.2) is 0 Å². The number of nitrogen functional groups attached to an aromatic ring is 1. The van der Waals surface area contributed by atoms with Gasteiger partial charge in [0, 0.05) is 16.3 Å². The highest BCUT2D eigenvalue weighted by atomic mass is 35.5. The van der Waals surface area contributed by atoms with Gasteiger partial charge in [-0.3, -0.25) is 0 Å². The minimum Gasteiger partial charge on any atom is -0.507 e.